The molecule has 3 aromatic heterocycles. The van der Waals surface area contributed by atoms with Crippen LogP contribution < -0.4 is 5.56 Å². The van der Waals surface area contributed by atoms with Gasteiger partial charge in [0.05, 0.1) is 18.4 Å². The van der Waals surface area contributed by atoms with E-state index >= 15 is 0 Å². The summed E-state index contributed by atoms with van der Waals surface area (Å²) in [5.41, 5.74) is 1.64. The van der Waals surface area contributed by atoms with Crippen LogP contribution in [0.15, 0.2) is 52.1 Å². The Morgan fingerprint density at radius 2 is 2.00 bits per heavy atom. The van der Waals surface area contributed by atoms with Crippen LogP contribution in [-0.4, -0.2) is 24.9 Å². The van der Waals surface area contributed by atoms with Crippen LogP contribution >= 0.6 is 0 Å². The Bertz CT molecular complexity index is 1160. The van der Waals surface area contributed by atoms with Crippen molar-refractivity contribution in [3.05, 3.63) is 75.9 Å². The fourth-order valence-corrected chi connectivity index (χ4v) is 2.66. The predicted octanol–water partition coefficient (Wildman–Crippen LogP) is 2.92. The average molecular weight is 369 g/mol. The quantitative estimate of drug-likeness (QED) is 0.597. The van der Waals surface area contributed by atoms with Crippen molar-refractivity contribution < 1.29 is 13.3 Å². The van der Waals surface area contributed by atoms with E-state index in [4.69, 9.17) is 4.52 Å². The Morgan fingerprint density at radius 3 is 2.70 bits per heavy atom. The lowest BCUT2D eigenvalue weighted by molar-refractivity contribution is 0.421. The highest BCUT2D eigenvalue weighted by Crippen LogP contribution is 2.24. The summed E-state index contributed by atoms with van der Waals surface area (Å²) in [7, 11) is 0. The number of aromatic nitrogens is 5. The van der Waals surface area contributed by atoms with E-state index in [0.29, 0.717) is 17.0 Å². The van der Waals surface area contributed by atoms with Gasteiger partial charge in [0.1, 0.15) is 23.5 Å². The monoisotopic (exact) mass is 369 g/mol. The number of aryl methyl sites for hydroxylation is 1. The van der Waals surface area contributed by atoms with E-state index < -0.39 is 11.4 Å². The zero-order valence-corrected chi connectivity index (χ0v) is 14.1. The number of hydrogen-bond acceptors (Lipinski definition) is 5. The molecule has 136 valence electrons. The molecular weight excluding hydrogens is 356 g/mol. The lowest BCUT2D eigenvalue weighted by Gasteiger charge is -2.07. The maximum Gasteiger partial charge on any atom is 0.287 e. The maximum absolute atomic E-state index is 14.3. The predicted molar refractivity (Wildman–Crippen MR) is 91.8 cm³/mol. The zero-order chi connectivity index (χ0) is 19.0. The molecule has 0 atom stereocenters. The van der Waals surface area contributed by atoms with E-state index in [1.54, 1.807) is 31.2 Å². The topological polar surface area (TPSA) is 89.6 Å². The third-order valence-corrected chi connectivity index (χ3v) is 4.01. The van der Waals surface area contributed by atoms with Gasteiger partial charge in [-0.2, -0.15) is 9.49 Å². The van der Waals surface area contributed by atoms with Crippen molar-refractivity contribution in [3.8, 4) is 22.9 Å². The van der Waals surface area contributed by atoms with Gasteiger partial charge in [0.25, 0.3) is 5.56 Å². The number of aromatic amines is 1. The van der Waals surface area contributed by atoms with Crippen LogP contribution in [-0.2, 0) is 6.54 Å². The summed E-state index contributed by atoms with van der Waals surface area (Å²) in [6, 6.07) is 8.16. The minimum Gasteiger partial charge on any atom is -0.364 e. The van der Waals surface area contributed by atoms with E-state index in [9.17, 15) is 13.6 Å². The first-order valence-corrected chi connectivity index (χ1v) is 8.00. The molecule has 0 aliphatic carbocycles. The minimum atomic E-state index is -0.989. The van der Waals surface area contributed by atoms with Crippen molar-refractivity contribution in [2.75, 3.05) is 0 Å². The van der Waals surface area contributed by atoms with E-state index in [2.05, 4.69) is 20.2 Å². The van der Waals surface area contributed by atoms with Gasteiger partial charge in [-0.15, -0.1) is 0 Å². The van der Waals surface area contributed by atoms with Crippen molar-refractivity contribution in [1.82, 2.24) is 24.9 Å². The molecule has 3 heterocycles. The number of hydrogen-bond donors (Lipinski definition) is 1. The van der Waals surface area contributed by atoms with Gasteiger partial charge in [-0.3, -0.25) is 9.48 Å². The number of rotatable bonds is 4. The number of nitrogens with one attached hydrogen (secondary N) is 1. The molecule has 1 N–H and O–H groups in total. The number of benzene rings is 1. The molecule has 0 bridgehead atoms. The van der Waals surface area contributed by atoms with Gasteiger partial charge in [0.2, 0.25) is 5.82 Å². The molecule has 9 heteroatoms. The van der Waals surface area contributed by atoms with Gasteiger partial charge >= 0.3 is 0 Å². The molecule has 0 radical (unpaired) electrons. The first kappa shape index (κ1) is 16.8. The number of halogens is 2. The fraction of sp³-hybridized carbons (Fsp3) is 0.111. The lowest BCUT2D eigenvalue weighted by atomic mass is 10.1. The highest BCUT2D eigenvalue weighted by atomic mass is 19.1. The van der Waals surface area contributed by atoms with Gasteiger partial charge in [0, 0.05) is 11.6 Å². The fourth-order valence-electron chi connectivity index (χ4n) is 2.66. The van der Waals surface area contributed by atoms with Crippen molar-refractivity contribution in [3.63, 3.8) is 0 Å². The standard InChI is InChI=1S/C18H13F2N5O2/c1-10-2-3-11(12(19)6-10)9-25-16(14-4-5-27-24-14)7-15(23-25)17-21-8-13(20)18(26)22-17/h2-8H,9H2,1H3,(H,21,22,26). The van der Waals surface area contributed by atoms with Crippen LogP contribution in [0.1, 0.15) is 11.1 Å². The molecule has 0 amide bonds. The van der Waals surface area contributed by atoms with Crippen molar-refractivity contribution in [2.24, 2.45) is 0 Å². The molecule has 0 spiro atoms. The summed E-state index contributed by atoms with van der Waals surface area (Å²) in [6.45, 7) is 1.93. The molecule has 0 aliphatic heterocycles. The van der Waals surface area contributed by atoms with E-state index in [-0.39, 0.29) is 23.9 Å². The number of nitrogens with zero attached hydrogens (tertiary/aromatic N) is 4. The Labute approximate surface area is 151 Å². The first-order valence-electron chi connectivity index (χ1n) is 8.00. The van der Waals surface area contributed by atoms with E-state index in [1.807, 2.05) is 0 Å². The molecule has 7 nitrogen and oxygen atoms in total. The van der Waals surface area contributed by atoms with Crippen LogP contribution in [0.5, 0.6) is 0 Å². The van der Waals surface area contributed by atoms with Gasteiger partial charge in [-0.1, -0.05) is 17.3 Å². The van der Waals surface area contributed by atoms with Crippen molar-refractivity contribution >= 4 is 0 Å². The SMILES string of the molecule is Cc1ccc(Cn2nc(-c3ncc(F)c(=O)[nH]3)cc2-c2ccon2)c(F)c1. The molecule has 0 saturated heterocycles. The molecule has 0 saturated carbocycles. The summed E-state index contributed by atoms with van der Waals surface area (Å²) in [6.07, 6.45) is 2.22. The third kappa shape index (κ3) is 3.26. The summed E-state index contributed by atoms with van der Waals surface area (Å²) >= 11 is 0. The minimum absolute atomic E-state index is 0.0919. The highest BCUT2D eigenvalue weighted by molar-refractivity contribution is 5.62. The van der Waals surface area contributed by atoms with Crippen LogP contribution in [0.25, 0.3) is 22.9 Å². The van der Waals surface area contributed by atoms with Crippen LogP contribution in [0.2, 0.25) is 0 Å². The summed E-state index contributed by atoms with van der Waals surface area (Å²) < 4.78 is 33.8. The largest absolute Gasteiger partial charge is 0.364 e. The number of H-pyrrole nitrogens is 1. The van der Waals surface area contributed by atoms with Crippen LogP contribution in [0.4, 0.5) is 8.78 Å². The van der Waals surface area contributed by atoms with Gasteiger partial charge in [-0.05, 0) is 24.6 Å². The average Bonchev–Trinajstić information content (AvgIpc) is 3.29. The molecule has 1 aromatic carbocycles. The second-order valence-electron chi connectivity index (χ2n) is 5.96. The molecule has 0 fully saturated rings. The molecule has 4 aromatic rings. The highest BCUT2D eigenvalue weighted by Gasteiger charge is 2.17. The van der Waals surface area contributed by atoms with Crippen LogP contribution in [0.3, 0.4) is 0 Å². The Morgan fingerprint density at radius 1 is 1.15 bits per heavy atom. The van der Waals surface area contributed by atoms with Crippen molar-refractivity contribution in [2.45, 2.75) is 13.5 Å². The van der Waals surface area contributed by atoms with Crippen molar-refractivity contribution in [1.29, 1.82) is 0 Å². The van der Waals surface area contributed by atoms with Gasteiger partial charge < -0.3 is 9.51 Å². The van der Waals surface area contributed by atoms with E-state index in [0.717, 1.165) is 11.8 Å². The zero-order valence-electron chi connectivity index (χ0n) is 14.1. The molecular formula is C18H13F2N5O2. The second-order valence-corrected chi connectivity index (χ2v) is 5.96. The normalized spacial score (nSPS) is 11.1. The van der Waals surface area contributed by atoms with E-state index in [1.165, 1.54) is 17.0 Å². The summed E-state index contributed by atoms with van der Waals surface area (Å²) in [4.78, 5) is 17.7. The molecule has 0 unspecified atom stereocenters. The summed E-state index contributed by atoms with van der Waals surface area (Å²) in [5, 5.41) is 8.26. The second kappa shape index (κ2) is 6.60. The Hall–Kier alpha value is -3.62. The molecule has 0 aliphatic rings. The Balaban J connectivity index is 1.80. The lowest BCUT2D eigenvalue weighted by Crippen LogP contribution is -2.12. The van der Waals surface area contributed by atoms with Crippen LogP contribution in [0, 0.1) is 18.6 Å². The third-order valence-electron chi connectivity index (χ3n) is 4.01. The summed E-state index contributed by atoms with van der Waals surface area (Å²) in [5.74, 6) is -1.25. The first-order chi connectivity index (χ1) is 13.0. The smallest absolute Gasteiger partial charge is 0.287 e. The Kier molecular flexibility index (Phi) is 4.11. The molecule has 4 rings (SSSR count). The van der Waals surface area contributed by atoms with Gasteiger partial charge in [-0.25, -0.2) is 9.37 Å². The van der Waals surface area contributed by atoms with Gasteiger partial charge in [0.15, 0.2) is 5.82 Å². The molecule has 27 heavy (non-hydrogen) atoms. The maximum atomic E-state index is 14.3.